The van der Waals surface area contributed by atoms with Gasteiger partial charge in [0.25, 0.3) is 5.91 Å². The maximum Gasteiger partial charge on any atom is 0.255 e. The van der Waals surface area contributed by atoms with Gasteiger partial charge in [-0.15, -0.1) is 11.3 Å². The molecule has 128 valence electrons. The van der Waals surface area contributed by atoms with Gasteiger partial charge in [-0.2, -0.15) is 0 Å². The Morgan fingerprint density at radius 1 is 1.38 bits per heavy atom. The Hall–Kier alpha value is -1.43. The summed E-state index contributed by atoms with van der Waals surface area (Å²) >= 11 is 1.65. The molecular weight excluding hydrogens is 322 g/mol. The zero-order valence-electron chi connectivity index (χ0n) is 14.0. The Morgan fingerprint density at radius 2 is 2.17 bits per heavy atom. The van der Waals surface area contributed by atoms with Crippen molar-refractivity contribution in [3.8, 4) is 0 Å². The zero-order chi connectivity index (χ0) is 16.6. The van der Waals surface area contributed by atoms with Crippen LogP contribution in [0.25, 0.3) is 10.1 Å². The maximum absolute atomic E-state index is 12.9. The molecule has 4 rings (SSSR count). The predicted octanol–water partition coefficient (Wildman–Crippen LogP) is 3.56. The lowest BCUT2D eigenvalue weighted by molar-refractivity contribution is 0.0281. The van der Waals surface area contributed by atoms with Gasteiger partial charge in [0.1, 0.15) is 0 Å². The minimum atomic E-state index is 0.176. The van der Waals surface area contributed by atoms with Gasteiger partial charge >= 0.3 is 0 Å². The number of thiophene rings is 1. The molecule has 0 unspecified atom stereocenters. The predicted molar refractivity (Wildman–Crippen MR) is 95.6 cm³/mol. The first-order chi connectivity index (χ1) is 11.7. The minimum absolute atomic E-state index is 0.176. The van der Waals surface area contributed by atoms with E-state index in [1.165, 1.54) is 4.70 Å². The topological polar surface area (TPSA) is 38.8 Å². The van der Waals surface area contributed by atoms with E-state index in [0.29, 0.717) is 6.61 Å². The molecule has 1 spiro atoms. The van der Waals surface area contributed by atoms with Crippen LogP contribution >= 0.6 is 11.3 Å². The summed E-state index contributed by atoms with van der Waals surface area (Å²) in [5.74, 6) is 0.176. The SMILES string of the molecule is COC[C@H]1CC2(CCN(C(=O)c3csc4ccccc34)CC2)CO1. The lowest BCUT2D eigenvalue weighted by Crippen LogP contribution is -2.43. The number of piperidine rings is 1. The zero-order valence-corrected chi connectivity index (χ0v) is 14.8. The van der Waals surface area contributed by atoms with Crippen LogP contribution in [-0.4, -0.2) is 50.3 Å². The average Bonchev–Trinajstić information content (AvgIpc) is 3.20. The first-order valence-corrected chi connectivity index (χ1v) is 9.45. The van der Waals surface area contributed by atoms with Gasteiger partial charge < -0.3 is 14.4 Å². The highest BCUT2D eigenvalue weighted by Crippen LogP contribution is 2.42. The minimum Gasteiger partial charge on any atom is -0.382 e. The fourth-order valence-corrected chi connectivity index (χ4v) is 4.97. The highest BCUT2D eigenvalue weighted by molar-refractivity contribution is 7.17. The normalized spacial score (nSPS) is 23.2. The van der Waals surface area contributed by atoms with E-state index in [1.807, 2.05) is 28.5 Å². The fourth-order valence-electron chi connectivity index (χ4n) is 4.03. The van der Waals surface area contributed by atoms with Crippen LogP contribution in [0, 0.1) is 5.41 Å². The molecule has 1 aromatic heterocycles. The number of hydrogen-bond donors (Lipinski definition) is 0. The lowest BCUT2D eigenvalue weighted by Gasteiger charge is -2.38. The molecule has 1 atom stereocenters. The van der Waals surface area contributed by atoms with Crippen LogP contribution in [0.15, 0.2) is 29.6 Å². The van der Waals surface area contributed by atoms with E-state index in [-0.39, 0.29) is 17.4 Å². The maximum atomic E-state index is 12.9. The van der Waals surface area contributed by atoms with Crippen LogP contribution < -0.4 is 0 Å². The van der Waals surface area contributed by atoms with Crippen molar-refractivity contribution in [3.63, 3.8) is 0 Å². The third-order valence-corrected chi connectivity index (χ3v) is 6.42. The number of hydrogen-bond acceptors (Lipinski definition) is 4. The summed E-state index contributed by atoms with van der Waals surface area (Å²) in [6, 6.07) is 8.15. The van der Waals surface area contributed by atoms with Gasteiger partial charge in [-0.25, -0.2) is 0 Å². The van der Waals surface area contributed by atoms with Crippen molar-refractivity contribution in [2.75, 3.05) is 33.4 Å². The summed E-state index contributed by atoms with van der Waals surface area (Å²) in [5.41, 5.74) is 1.10. The van der Waals surface area contributed by atoms with Crippen molar-refractivity contribution < 1.29 is 14.3 Å². The van der Waals surface area contributed by atoms with E-state index in [1.54, 1.807) is 18.4 Å². The number of fused-ring (bicyclic) bond motifs is 1. The molecule has 2 aliphatic rings. The number of carbonyl (C=O) groups excluding carboxylic acids is 1. The van der Waals surface area contributed by atoms with Crippen molar-refractivity contribution in [3.05, 3.63) is 35.2 Å². The van der Waals surface area contributed by atoms with Crippen molar-refractivity contribution in [1.29, 1.82) is 0 Å². The number of benzene rings is 1. The smallest absolute Gasteiger partial charge is 0.255 e. The average molecular weight is 345 g/mol. The first kappa shape index (κ1) is 16.1. The van der Waals surface area contributed by atoms with Gasteiger partial charge in [-0.3, -0.25) is 4.79 Å². The first-order valence-electron chi connectivity index (χ1n) is 8.57. The number of rotatable bonds is 3. The summed E-state index contributed by atoms with van der Waals surface area (Å²) < 4.78 is 12.3. The largest absolute Gasteiger partial charge is 0.382 e. The molecule has 2 aliphatic heterocycles. The van der Waals surface area contributed by atoms with Crippen molar-refractivity contribution in [2.45, 2.75) is 25.4 Å². The van der Waals surface area contributed by atoms with E-state index >= 15 is 0 Å². The number of carbonyl (C=O) groups is 1. The summed E-state index contributed by atoms with van der Waals surface area (Å²) in [5, 5.41) is 3.09. The lowest BCUT2D eigenvalue weighted by atomic mass is 9.76. The molecule has 1 amide bonds. The van der Waals surface area contributed by atoms with E-state index < -0.39 is 0 Å². The highest BCUT2D eigenvalue weighted by Gasteiger charge is 2.43. The van der Waals surface area contributed by atoms with Crippen molar-refractivity contribution in [1.82, 2.24) is 4.90 Å². The molecule has 0 aliphatic carbocycles. The molecule has 5 heteroatoms. The second kappa shape index (κ2) is 6.47. The van der Waals surface area contributed by atoms with Crippen molar-refractivity contribution in [2.24, 2.45) is 5.41 Å². The van der Waals surface area contributed by atoms with Crippen LogP contribution in [0.5, 0.6) is 0 Å². The summed E-state index contributed by atoms with van der Waals surface area (Å²) in [6.45, 7) is 3.13. The fraction of sp³-hybridized carbons (Fsp3) is 0.526. The van der Waals surface area contributed by atoms with Gasteiger partial charge in [0, 0.05) is 35.7 Å². The molecule has 0 saturated carbocycles. The molecule has 2 fully saturated rings. The van der Waals surface area contributed by atoms with Gasteiger partial charge in [-0.1, -0.05) is 18.2 Å². The molecule has 1 aromatic carbocycles. The van der Waals surface area contributed by atoms with E-state index in [4.69, 9.17) is 9.47 Å². The second-order valence-electron chi connectivity index (χ2n) is 7.03. The molecule has 0 bridgehead atoms. The van der Waals surface area contributed by atoms with E-state index in [9.17, 15) is 4.79 Å². The van der Waals surface area contributed by atoms with Crippen molar-refractivity contribution >= 4 is 27.3 Å². The molecule has 24 heavy (non-hydrogen) atoms. The molecule has 2 aromatic rings. The van der Waals surface area contributed by atoms with E-state index in [0.717, 1.165) is 49.9 Å². The second-order valence-corrected chi connectivity index (χ2v) is 7.94. The van der Waals surface area contributed by atoms with Crippen LogP contribution in [0.2, 0.25) is 0 Å². The molecule has 0 radical (unpaired) electrons. The number of nitrogens with zero attached hydrogens (tertiary/aromatic N) is 1. The Balaban J connectivity index is 1.43. The highest BCUT2D eigenvalue weighted by atomic mass is 32.1. The number of ether oxygens (including phenoxy) is 2. The summed E-state index contributed by atoms with van der Waals surface area (Å²) in [7, 11) is 1.72. The quantitative estimate of drug-likeness (QED) is 0.854. The monoisotopic (exact) mass is 345 g/mol. The number of likely N-dealkylation sites (tertiary alicyclic amines) is 1. The molecule has 2 saturated heterocycles. The third kappa shape index (κ3) is 2.85. The molecule has 3 heterocycles. The molecule has 0 N–H and O–H groups in total. The van der Waals surface area contributed by atoms with E-state index in [2.05, 4.69) is 6.07 Å². The Kier molecular flexibility index (Phi) is 4.33. The third-order valence-electron chi connectivity index (χ3n) is 5.46. The van der Waals surface area contributed by atoms with Gasteiger partial charge in [0.2, 0.25) is 0 Å². The number of methoxy groups -OCH3 is 1. The molecule has 4 nitrogen and oxygen atoms in total. The summed E-state index contributed by atoms with van der Waals surface area (Å²) in [6.07, 6.45) is 3.34. The standard InChI is InChI=1S/C19H23NO3S/c1-22-11-14-10-19(13-23-14)6-8-20(9-7-19)18(21)16-12-24-17-5-3-2-4-15(16)17/h2-5,12,14H,6-11,13H2,1H3/t14-/m1/s1. The Labute approximate surface area is 146 Å². The molecular formula is C19H23NO3S. The van der Waals surface area contributed by atoms with Crippen LogP contribution in [-0.2, 0) is 9.47 Å². The van der Waals surface area contributed by atoms with Crippen LogP contribution in [0.1, 0.15) is 29.6 Å². The number of amides is 1. The van der Waals surface area contributed by atoms with Gasteiger partial charge in [0.15, 0.2) is 0 Å². The van der Waals surface area contributed by atoms with Crippen LogP contribution in [0.3, 0.4) is 0 Å². The Bertz CT molecular complexity index is 733. The Morgan fingerprint density at radius 3 is 2.96 bits per heavy atom. The van der Waals surface area contributed by atoms with Crippen LogP contribution in [0.4, 0.5) is 0 Å². The van der Waals surface area contributed by atoms with Gasteiger partial charge in [0.05, 0.1) is 24.9 Å². The summed E-state index contributed by atoms with van der Waals surface area (Å²) in [4.78, 5) is 14.9. The van der Waals surface area contributed by atoms with Gasteiger partial charge in [-0.05, 0) is 30.7 Å².